The molecule has 2 heterocycles. The van der Waals surface area contributed by atoms with Crippen molar-refractivity contribution < 1.29 is 49.6 Å². The first kappa shape index (κ1) is 42.4. The van der Waals surface area contributed by atoms with Crippen molar-refractivity contribution in [2.45, 2.75) is 119 Å². The Morgan fingerprint density at radius 1 is 1.04 bits per heavy atom. The van der Waals surface area contributed by atoms with Gasteiger partial charge in [0.25, 0.3) is 10.1 Å². The van der Waals surface area contributed by atoms with Crippen LogP contribution >= 0.6 is 23.3 Å². The summed E-state index contributed by atoms with van der Waals surface area (Å²) in [7, 11) is -8.52. The van der Waals surface area contributed by atoms with Gasteiger partial charge in [-0.2, -0.15) is 8.42 Å². The van der Waals surface area contributed by atoms with E-state index in [9.17, 15) is 22.8 Å². The molecule has 2 saturated carbocycles. The lowest BCUT2D eigenvalue weighted by Crippen LogP contribution is -2.57. The molecule has 0 aromatic heterocycles. The molecule has 7 atom stereocenters. The number of nitrogens with zero attached hydrogens (tertiary/aromatic N) is 1. The van der Waals surface area contributed by atoms with Crippen LogP contribution in [0.25, 0.3) is 0 Å². The van der Waals surface area contributed by atoms with Crippen LogP contribution in [0.3, 0.4) is 0 Å². The number of fused-ring (bicyclic) bond motifs is 2. The molecule has 3 fully saturated rings. The second-order valence-electron chi connectivity index (χ2n) is 15.2. The lowest BCUT2D eigenvalue weighted by atomic mass is 9.94. The third-order valence-corrected chi connectivity index (χ3v) is 16.4. The summed E-state index contributed by atoms with van der Waals surface area (Å²) in [6.45, 7) is 3.02. The van der Waals surface area contributed by atoms with Crippen LogP contribution in [-0.2, 0) is 43.9 Å². The minimum absolute atomic E-state index is 0.0819. The highest BCUT2D eigenvalue weighted by atomic mass is 79.9. The molecule has 1 saturated heterocycles. The molecule has 17 heteroatoms. The highest BCUT2D eigenvalue weighted by molar-refractivity contribution is 9.10. The first-order valence-electron chi connectivity index (χ1n) is 19.3. The summed E-state index contributed by atoms with van der Waals surface area (Å²) in [5.74, 6) is -4.16. The summed E-state index contributed by atoms with van der Waals surface area (Å²) in [6, 6.07) is 6.64. The summed E-state index contributed by atoms with van der Waals surface area (Å²) in [4.78, 5) is 43.6. The van der Waals surface area contributed by atoms with Gasteiger partial charge in [0.2, 0.25) is 19.2 Å². The maximum Gasteiger partial charge on any atom is 0.408 e. The number of amides is 3. The molecule has 4 aliphatic rings. The zero-order valence-corrected chi connectivity index (χ0v) is 34.8. The third-order valence-electron chi connectivity index (χ3n) is 11.2. The lowest BCUT2D eigenvalue weighted by molar-refractivity contribution is -0.141. The Morgan fingerprint density at radius 3 is 2.39 bits per heavy atom. The van der Waals surface area contributed by atoms with Gasteiger partial charge in [0.1, 0.15) is 35.1 Å². The normalized spacial score (nSPS) is 29.2. The standard InChI is InChI=1S/C39H49BrF2N3O9PS/c1-3-52-55(49,24-31-32(41)15-10-16-33(31)42)39-22-26(39)12-7-5-4-6-11-25(2)35(43-38(48)53-28-13-8-9-14-28)37(47)45-23-29(21-34(45)36(46)44-39)54-56(50,51)30-19-17-27(40)18-20-30/h7,10,12,15-20,25-26,28-29,34-35H,3-6,8-9,11,13-14,21-24H2,1-2H3,(H,43,48)(H,44,46)/b12-7-/t25-,26-,29+,34+,35+,39+,55?/m1/s1. The van der Waals surface area contributed by atoms with Gasteiger partial charge in [-0.25, -0.2) is 13.6 Å². The van der Waals surface area contributed by atoms with E-state index in [0.717, 1.165) is 31.4 Å². The Labute approximate surface area is 335 Å². The fraction of sp³-hybridized carbons (Fsp3) is 0.564. The number of hydrogen-bond acceptors (Lipinski definition) is 9. The molecule has 306 valence electrons. The second kappa shape index (κ2) is 17.8. The van der Waals surface area contributed by atoms with Crippen molar-refractivity contribution in [3.63, 3.8) is 0 Å². The van der Waals surface area contributed by atoms with Crippen LogP contribution < -0.4 is 10.6 Å². The molecule has 2 aliphatic heterocycles. The molecule has 1 unspecified atom stereocenters. The molecule has 2 N–H and O–H groups in total. The van der Waals surface area contributed by atoms with Crippen LogP contribution in [0.2, 0.25) is 0 Å². The van der Waals surface area contributed by atoms with Crippen LogP contribution in [0, 0.1) is 23.5 Å². The molecule has 0 spiro atoms. The van der Waals surface area contributed by atoms with Crippen molar-refractivity contribution in [1.29, 1.82) is 0 Å². The predicted octanol–water partition coefficient (Wildman–Crippen LogP) is 7.55. The number of carbonyl (C=O) groups is 3. The Hall–Kier alpha value is -3.17. The van der Waals surface area contributed by atoms with E-state index in [1.807, 2.05) is 19.1 Å². The largest absolute Gasteiger partial charge is 0.446 e. The molecule has 0 radical (unpaired) electrons. The molecule has 2 aromatic rings. The van der Waals surface area contributed by atoms with E-state index < -0.39 is 94.1 Å². The van der Waals surface area contributed by atoms with Crippen molar-refractivity contribution in [3.8, 4) is 0 Å². The van der Waals surface area contributed by atoms with E-state index in [1.54, 1.807) is 6.92 Å². The van der Waals surface area contributed by atoms with Crippen molar-refractivity contribution >= 4 is 51.3 Å². The molecule has 6 rings (SSSR count). The Balaban J connectivity index is 1.36. The van der Waals surface area contributed by atoms with Crippen molar-refractivity contribution in [2.24, 2.45) is 11.8 Å². The molecule has 2 aliphatic carbocycles. The van der Waals surface area contributed by atoms with Crippen LogP contribution in [0.15, 0.2) is 64.0 Å². The van der Waals surface area contributed by atoms with E-state index in [-0.39, 0.29) is 37.0 Å². The maximum atomic E-state index is 15.0. The number of alkyl carbamates (subject to hydrolysis) is 1. The number of hydrogen-bond donors (Lipinski definition) is 2. The van der Waals surface area contributed by atoms with E-state index in [1.165, 1.54) is 35.2 Å². The van der Waals surface area contributed by atoms with E-state index >= 15 is 13.3 Å². The minimum atomic E-state index is -4.37. The molecule has 2 aromatic carbocycles. The van der Waals surface area contributed by atoms with Gasteiger partial charge in [-0.1, -0.05) is 47.5 Å². The van der Waals surface area contributed by atoms with Crippen LogP contribution in [0.5, 0.6) is 0 Å². The van der Waals surface area contributed by atoms with E-state index in [0.29, 0.717) is 36.6 Å². The lowest BCUT2D eigenvalue weighted by Gasteiger charge is -2.34. The smallest absolute Gasteiger partial charge is 0.408 e. The highest BCUT2D eigenvalue weighted by Gasteiger charge is 2.67. The van der Waals surface area contributed by atoms with Gasteiger partial charge in [-0.3, -0.25) is 18.3 Å². The summed E-state index contributed by atoms with van der Waals surface area (Å²) < 4.78 is 89.9. The van der Waals surface area contributed by atoms with Gasteiger partial charge < -0.3 is 24.8 Å². The highest BCUT2D eigenvalue weighted by Crippen LogP contribution is 2.74. The number of benzene rings is 2. The second-order valence-corrected chi connectivity index (χ2v) is 20.4. The van der Waals surface area contributed by atoms with Gasteiger partial charge >= 0.3 is 6.09 Å². The average Bonchev–Trinajstić information content (AvgIpc) is 3.42. The summed E-state index contributed by atoms with van der Waals surface area (Å²) in [5, 5.41) is 4.09. The number of ether oxygens (including phenoxy) is 1. The molecule has 0 bridgehead atoms. The quantitative estimate of drug-likeness (QED) is 0.140. The van der Waals surface area contributed by atoms with Gasteiger partial charge in [0, 0.05) is 28.9 Å². The fourth-order valence-corrected chi connectivity index (χ4v) is 12.5. The molecule has 56 heavy (non-hydrogen) atoms. The molecule has 3 amide bonds. The predicted molar refractivity (Wildman–Crippen MR) is 207 cm³/mol. The van der Waals surface area contributed by atoms with Gasteiger partial charge in [0.05, 0.1) is 23.8 Å². The topological polar surface area (TPSA) is 157 Å². The first-order valence-corrected chi connectivity index (χ1v) is 23.3. The summed E-state index contributed by atoms with van der Waals surface area (Å²) >= 11 is 3.29. The first-order chi connectivity index (χ1) is 26.7. The van der Waals surface area contributed by atoms with Crippen molar-refractivity contribution in [3.05, 3.63) is 76.3 Å². The Bertz CT molecular complexity index is 1950. The SMILES string of the molecule is CCOP(=O)(Cc1c(F)cccc1F)[C@@]12C[C@H]1/C=C\CCCC[C@@H](C)[C@H](NC(=O)OC1CCCC1)C(=O)N1C[C@@H](OS(=O)(=O)c3ccc(Br)cc3)C[C@H]1C(=O)N2. The van der Waals surface area contributed by atoms with Crippen LogP contribution in [0.4, 0.5) is 13.6 Å². The Kier molecular flexibility index (Phi) is 13.5. The zero-order chi connectivity index (χ0) is 40.3. The van der Waals surface area contributed by atoms with Crippen molar-refractivity contribution in [2.75, 3.05) is 13.2 Å². The number of allylic oxidation sites excluding steroid dienone is 1. The number of halogens is 3. The number of rotatable bonds is 10. The van der Waals surface area contributed by atoms with Crippen LogP contribution in [0.1, 0.15) is 83.6 Å². The monoisotopic (exact) mass is 883 g/mol. The molecular formula is C39H49BrF2N3O9PS. The van der Waals surface area contributed by atoms with Crippen LogP contribution in [-0.4, -0.2) is 73.9 Å². The maximum absolute atomic E-state index is 15.0. The molecule has 12 nitrogen and oxygen atoms in total. The van der Waals surface area contributed by atoms with Gasteiger partial charge in [-0.15, -0.1) is 0 Å². The van der Waals surface area contributed by atoms with Gasteiger partial charge in [-0.05, 0) is 101 Å². The Morgan fingerprint density at radius 2 is 1.71 bits per heavy atom. The van der Waals surface area contributed by atoms with Gasteiger partial charge in [0.15, 0.2) is 0 Å². The van der Waals surface area contributed by atoms with Crippen molar-refractivity contribution in [1.82, 2.24) is 15.5 Å². The fourth-order valence-electron chi connectivity index (χ4n) is 8.12. The summed E-state index contributed by atoms with van der Waals surface area (Å²) in [6.07, 6.45) is 6.63. The average molecular weight is 885 g/mol. The molecular weight excluding hydrogens is 835 g/mol. The number of carbonyl (C=O) groups excluding carboxylic acids is 3. The van der Waals surface area contributed by atoms with E-state index in [2.05, 4.69) is 26.6 Å². The minimum Gasteiger partial charge on any atom is -0.446 e. The summed E-state index contributed by atoms with van der Waals surface area (Å²) in [5.41, 5.74) is -0.435. The van der Waals surface area contributed by atoms with E-state index in [4.69, 9.17) is 13.4 Å². The third kappa shape index (κ3) is 9.41. The zero-order valence-electron chi connectivity index (χ0n) is 31.5. The number of nitrogens with one attached hydrogen (secondary N) is 2.